The van der Waals surface area contributed by atoms with Gasteiger partial charge in [-0.1, -0.05) is 24.8 Å². The molecule has 0 aromatic carbocycles. The van der Waals surface area contributed by atoms with Crippen LogP contribution in [0.2, 0.25) is 0 Å². The second kappa shape index (κ2) is 6.62. The Morgan fingerprint density at radius 2 is 2.25 bits per heavy atom. The van der Waals surface area contributed by atoms with Crippen molar-refractivity contribution in [2.45, 2.75) is 6.42 Å². The van der Waals surface area contributed by atoms with Gasteiger partial charge in [0.05, 0.1) is 11.4 Å². The van der Waals surface area contributed by atoms with Gasteiger partial charge in [-0.15, -0.1) is 13.2 Å². The molecular formula is C14H18N2. The maximum Gasteiger partial charge on any atom is 0.0854 e. The van der Waals surface area contributed by atoms with Crippen LogP contribution in [0.4, 0.5) is 0 Å². The Kier molecular flexibility index (Phi) is 5.06. The Balaban J connectivity index is 2.46. The third kappa shape index (κ3) is 3.73. The number of aromatic nitrogens is 1. The van der Waals surface area contributed by atoms with Gasteiger partial charge in [-0.2, -0.15) is 0 Å². The van der Waals surface area contributed by atoms with Crippen molar-refractivity contribution < 1.29 is 0 Å². The second-order valence-electron chi connectivity index (χ2n) is 3.59. The van der Waals surface area contributed by atoms with E-state index in [-0.39, 0.29) is 0 Å². The van der Waals surface area contributed by atoms with Crippen molar-refractivity contribution in [3.05, 3.63) is 62.0 Å². The minimum Gasteiger partial charge on any atom is -0.383 e. The summed E-state index contributed by atoms with van der Waals surface area (Å²) in [6.45, 7) is 12.3. The van der Waals surface area contributed by atoms with E-state index < -0.39 is 0 Å². The Labute approximate surface area is 97.4 Å². The molecule has 1 heterocycles. The van der Waals surface area contributed by atoms with Gasteiger partial charge in [-0.25, -0.2) is 0 Å². The van der Waals surface area contributed by atoms with Gasteiger partial charge in [0.15, 0.2) is 0 Å². The van der Waals surface area contributed by atoms with Crippen molar-refractivity contribution in [2.24, 2.45) is 5.92 Å². The van der Waals surface area contributed by atoms with Crippen molar-refractivity contribution in [3.63, 3.8) is 0 Å². The number of rotatable bonds is 7. The first-order valence-electron chi connectivity index (χ1n) is 5.35. The molecular weight excluding hydrogens is 196 g/mol. The smallest absolute Gasteiger partial charge is 0.0854 e. The average molecular weight is 214 g/mol. The Bertz CT molecular complexity index is 354. The van der Waals surface area contributed by atoms with Gasteiger partial charge in [-0.3, -0.25) is 4.98 Å². The molecule has 1 aromatic heterocycles. The monoisotopic (exact) mass is 214 g/mol. The molecule has 0 bridgehead atoms. The van der Waals surface area contributed by atoms with Gasteiger partial charge < -0.3 is 5.32 Å². The van der Waals surface area contributed by atoms with Gasteiger partial charge in [0, 0.05) is 12.7 Å². The Morgan fingerprint density at radius 3 is 2.81 bits per heavy atom. The Hall–Kier alpha value is -1.83. The van der Waals surface area contributed by atoms with Crippen LogP contribution in [0, 0.1) is 5.92 Å². The molecule has 0 saturated heterocycles. The lowest BCUT2D eigenvalue weighted by Gasteiger charge is -2.13. The fourth-order valence-electron chi connectivity index (χ4n) is 1.36. The van der Waals surface area contributed by atoms with E-state index in [1.54, 1.807) is 6.20 Å². The van der Waals surface area contributed by atoms with E-state index in [0.717, 1.165) is 24.4 Å². The van der Waals surface area contributed by atoms with Crippen LogP contribution in [0.15, 0.2) is 56.3 Å². The van der Waals surface area contributed by atoms with Crippen LogP contribution in [0.25, 0.3) is 5.70 Å². The van der Waals surface area contributed by atoms with E-state index in [4.69, 9.17) is 0 Å². The standard InChI is InChI=1S/C14H18N2/c1-4-8-13(5-2)11-16-12(3)14-9-6-7-10-15-14/h4-7,9-10,13,16H,1-3,8,11H2. The minimum absolute atomic E-state index is 0.387. The summed E-state index contributed by atoms with van der Waals surface area (Å²) in [5.74, 6) is 0.387. The lowest BCUT2D eigenvalue weighted by atomic mass is 10.1. The molecule has 1 atom stereocenters. The van der Waals surface area contributed by atoms with Crippen molar-refractivity contribution >= 4 is 5.70 Å². The van der Waals surface area contributed by atoms with Crippen molar-refractivity contribution in [1.29, 1.82) is 0 Å². The first-order valence-corrected chi connectivity index (χ1v) is 5.35. The fraction of sp³-hybridized carbons (Fsp3) is 0.214. The van der Waals surface area contributed by atoms with E-state index in [2.05, 4.69) is 30.0 Å². The molecule has 0 spiro atoms. The maximum absolute atomic E-state index is 4.22. The summed E-state index contributed by atoms with van der Waals surface area (Å²) in [5, 5.41) is 3.26. The summed E-state index contributed by atoms with van der Waals surface area (Å²) < 4.78 is 0. The predicted octanol–water partition coefficient (Wildman–Crippen LogP) is 3.02. The van der Waals surface area contributed by atoms with Gasteiger partial charge in [0.25, 0.3) is 0 Å². The van der Waals surface area contributed by atoms with Crippen LogP contribution in [0.3, 0.4) is 0 Å². The third-order valence-corrected chi connectivity index (χ3v) is 2.35. The highest BCUT2D eigenvalue weighted by Crippen LogP contribution is 2.08. The van der Waals surface area contributed by atoms with E-state index in [1.807, 2.05) is 30.4 Å². The average Bonchev–Trinajstić information content (AvgIpc) is 2.35. The summed E-state index contributed by atoms with van der Waals surface area (Å²) in [4.78, 5) is 4.22. The molecule has 84 valence electrons. The quantitative estimate of drug-likeness (QED) is 0.706. The van der Waals surface area contributed by atoms with Crippen LogP contribution in [-0.2, 0) is 0 Å². The van der Waals surface area contributed by atoms with Crippen LogP contribution >= 0.6 is 0 Å². The van der Waals surface area contributed by atoms with Crippen molar-refractivity contribution in [1.82, 2.24) is 10.3 Å². The molecule has 1 N–H and O–H groups in total. The van der Waals surface area contributed by atoms with Gasteiger partial charge in [0.2, 0.25) is 0 Å². The summed E-state index contributed by atoms with van der Waals surface area (Å²) in [6, 6.07) is 5.77. The number of hydrogen-bond donors (Lipinski definition) is 1. The zero-order valence-electron chi connectivity index (χ0n) is 9.52. The van der Waals surface area contributed by atoms with E-state index in [1.165, 1.54) is 0 Å². The number of hydrogen-bond acceptors (Lipinski definition) is 2. The molecule has 1 aromatic rings. The zero-order valence-corrected chi connectivity index (χ0v) is 9.52. The molecule has 1 unspecified atom stereocenters. The zero-order chi connectivity index (χ0) is 11.8. The number of allylic oxidation sites excluding steroid dienone is 1. The van der Waals surface area contributed by atoms with Crippen LogP contribution in [0.5, 0.6) is 0 Å². The summed E-state index contributed by atoms with van der Waals surface area (Å²) in [7, 11) is 0. The van der Waals surface area contributed by atoms with Gasteiger partial charge in [0.1, 0.15) is 0 Å². The molecule has 0 aliphatic heterocycles. The molecule has 0 fully saturated rings. The van der Waals surface area contributed by atoms with E-state index in [0.29, 0.717) is 5.92 Å². The molecule has 2 nitrogen and oxygen atoms in total. The molecule has 2 heteroatoms. The molecule has 0 amide bonds. The SMILES string of the molecule is C=CCC(C=C)CNC(=C)c1ccccn1. The maximum atomic E-state index is 4.22. The largest absolute Gasteiger partial charge is 0.383 e. The highest BCUT2D eigenvalue weighted by molar-refractivity contribution is 5.57. The lowest BCUT2D eigenvalue weighted by Crippen LogP contribution is -2.20. The van der Waals surface area contributed by atoms with Crippen LogP contribution in [0.1, 0.15) is 12.1 Å². The van der Waals surface area contributed by atoms with Crippen LogP contribution in [-0.4, -0.2) is 11.5 Å². The second-order valence-corrected chi connectivity index (χ2v) is 3.59. The normalized spacial score (nSPS) is 11.5. The molecule has 16 heavy (non-hydrogen) atoms. The minimum atomic E-state index is 0.387. The highest BCUT2D eigenvalue weighted by Gasteiger charge is 2.03. The topological polar surface area (TPSA) is 24.9 Å². The van der Waals surface area contributed by atoms with Crippen LogP contribution < -0.4 is 5.32 Å². The summed E-state index contributed by atoms with van der Waals surface area (Å²) in [6.07, 6.45) is 6.51. The van der Waals surface area contributed by atoms with Crippen molar-refractivity contribution in [3.8, 4) is 0 Å². The Morgan fingerprint density at radius 1 is 1.44 bits per heavy atom. The number of pyridine rings is 1. The molecule has 0 saturated carbocycles. The van der Waals surface area contributed by atoms with Crippen molar-refractivity contribution in [2.75, 3.05) is 6.54 Å². The summed E-state index contributed by atoms with van der Waals surface area (Å²) in [5.41, 5.74) is 1.72. The molecule has 1 rings (SSSR count). The first kappa shape index (κ1) is 12.2. The summed E-state index contributed by atoms with van der Waals surface area (Å²) >= 11 is 0. The third-order valence-electron chi connectivity index (χ3n) is 2.35. The van der Waals surface area contributed by atoms with Gasteiger partial charge >= 0.3 is 0 Å². The molecule has 0 aliphatic carbocycles. The number of nitrogens with zero attached hydrogens (tertiary/aromatic N) is 1. The van der Waals surface area contributed by atoms with Gasteiger partial charge in [-0.05, 0) is 24.5 Å². The molecule has 0 radical (unpaired) electrons. The molecule has 0 aliphatic rings. The van der Waals surface area contributed by atoms with E-state index >= 15 is 0 Å². The fourth-order valence-corrected chi connectivity index (χ4v) is 1.36. The lowest BCUT2D eigenvalue weighted by molar-refractivity contribution is 0.630. The van der Waals surface area contributed by atoms with E-state index in [9.17, 15) is 0 Å². The number of nitrogens with one attached hydrogen (secondary N) is 1. The predicted molar refractivity (Wildman–Crippen MR) is 69.8 cm³/mol. The first-order chi connectivity index (χ1) is 7.77. The highest BCUT2D eigenvalue weighted by atomic mass is 14.9.